The first-order chi connectivity index (χ1) is 18.4. The van der Waals surface area contributed by atoms with E-state index < -0.39 is 0 Å². The number of rotatable bonds is 5. The van der Waals surface area contributed by atoms with Gasteiger partial charge in [0.2, 0.25) is 0 Å². The third-order valence-electron chi connectivity index (χ3n) is 7.38. The fraction of sp³-hybridized carbons (Fsp3) is 0.152. The number of fused-ring (bicyclic) bond motifs is 4. The van der Waals surface area contributed by atoms with Gasteiger partial charge < -0.3 is 9.30 Å². The Hall–Kier alpha value is -4.64. The molecule has 0 aliphatic heterocycles. The zero-order valence-electron chi connectivity index (χ0n) is 22.0. The van der Waals surface area contributed by atoms with E-state index in [4.69, 9.17) is 15.1 Å². The molecule has 3 aromatic heterocycles. The lowest BCUT2D eigenvalue weighted by Crippen LogP contribution is -2.41. The molecule has 5 heteroatoms. The Morgan fingerprint density at radius 2 is 1.55 bits per heavy atom. The molecule has 0 amide bonds. The number of hydrogen-bond acceptors (Lipinski definition) is 3. The molecule has 3 aromatic carbocycles. The van der Waals surface area contributed by atoms with Gasteiger partial charge in [-0.1, -0.05) is 45.2 Å². The van der Waals surface area contributed by atoms with Gasteiger partial charge in [-0.3, -0.25) is 9.98 Å². The van der Waals surface area contributed by atoms with E-state index in [1.807, 2.05) is 42.0 Å². The first-order valence-corrected chi connectivity index (χ1v) is 12.9. The minimum Gasteiger partial charge on any atom is -0.457 e. The molecular formula is C33H30N4O. The smallest absolute Gasteiger partial charge is 0.137 e. The molecule has 6 rings (SSSR count). The SMILES string of the molecule is C=c1c(=C)n(CC)c(=N)c2cc(Oc3ccc4c5ccccc5n(-c5cc(C(C)C)ccn5)c4c3)ccc12. The van der Waals surface area contributed by atoms with Crippen LogP contribution in [0.2, 0.25) is 0 Å². The Labute approximate surface area is 221 Å². The van der Waals surface area contributed by atoms with Crippen LogP contribution in [0.25, 0.3) is 51.6 Å². The minimum absolute atomic E-state index is 0.406. The van der Waals surface area contributed by atoms with Crippen molar-refractivity contribution in [3.8, 4) is 17.3 Å². The van der Waals surface area contributed by atoms with E-state index in [2.05, 4.69) is 80.1 Å². The van der Waals surface area contributed by atoms with Crippen LogP contribution in [0.3, 0.4) is 0 Å². The van der Waals surface area contributed by atoms with Gasteiger partial charge in [0.05, 0.1) is 11.0 Å². The first kappa shape index (κ1) is 23.7. The highest BCUT2D eigenvalue weighted by Crippen LogP contribution is 2.35. The molecule has 188 valence electrons. The summed E-state index contributed by atoms with van der Waals surface area (Å²) in [6.45, 7) is 15.4. The predicted octanol–water partition coefficient (Wildman–Crippen LogP) is 6.37. The Bertz CT molecular complexity index is 2030. The van der Waals surface area contributed by atoms with Crippen molar-refractivity contribution >= 4 is 45.7 Å². The zero-order valence-corrected chi connectivity index (χ0v) is 22.0. The van der Waals surface area contributed by atoms with Crippen molar-refractivity contribution in [1.29, 1.82) is 5.41 Å². The molecule has 3 heterocycles. The van der Waals surface area contributed by atoms with E-state index in [-0.39, 0.29) is 0 Å². The number of nitrogens with one attached hydrogen (secondary N) is 1. The second-order valence-corrected chi connectivity index (χ2v) is 9.96. The van der Waals surface area contributed by atoms with Gasteiger partial charge in [0.15, 0.2) is 0 Å². The van der Waals surface area contributed by atoms with Gasteiger partial charge in [-0.25, -0.2) is 4.98 Å². The number of ether oxygens (including phenoxy) is 1. The molecule has 0 fully saturated rings. The number of benzene rings is 3. The normalized spacial score (nSPS) is 11.7. The van der Waals surface area contributed by atoms with Crippen LogP contribution in [0.1, 0.15) is 32.3 Å². The van der Waals surface area contributed by atoms with Crippen molar-refractivity contribution in [1.82, 2.24) is 14.1 Å². The summed E-state index contributed by atoms with van der Waals surface area (Å²) in [5.41, 5.74) is 3.80. The maximum absolute atomic E-state index is 8.72. The highest BCUT2D eigenvalue weighted by molar-refractivity contribution is 6.09. The van der Waals surface area contributed by atoms with Crippen LogP contribution >= 0.6 is 0 Å². The Balaban J connectivity index is 1.51. The fourth-order valence-electron chi connectivity index (χ4n) is 5.31. The van der Waals surface area contributed by atoms with Crippen molar-refractivity contribution in [3.63, 3.8) is 0 Å². The average molecular weight is 499 g/mol. The molecule has 0 aliphatic rings. The lowest BCUT2D eigenvalue weighted by molar-refractivity contribution is 0.484. The summed E-state index contributed by atoms with van der Waals surface area (Å²) in [7, 11) is 0. The van der Waals surface area contributed by atoms with E-state index in [0.717, 1.165) is 49.3 Å². The van der Waals surface area contributed by atoms with Crippen LogP contribution in [0, 0.1) is 5.41 Å². The van der Waals surface area contributed by atoms with Crippen molar-refractivity contribution in [3.05, 3.63) is 101 Å². The maximum Gasteiger partial charge on any atom is 0.137 e. The highest BCUT2D eigenvalue weighted by atomic mass is 16.5. The third kappa shape index (κ3) is 3.70. The van der Waals surface area contributed by atoms with Gasteiger partial charge in [-0.05, 0) is 77.5 Å². The predicted molar refractivity (Wildman–Crippen MR) is 156 cm³/mol. The second kappa shape index (κ2) is 9.03. The molecule has 0 spiro atoms. The quantitative estimate of drug-likeness (QED) is 0.300. The van der Waals surface area contributed by atoms with Crippen LogP contribution in [-0.2, 0) is 6.54 Å². The summed E-state index contributed by atoms with van der Waals surface area (Å²) < 4.78 is 10.5. The molecule has 0 saturated heterocycles. The molecule has 0 aliphatic carbocycles. The monoisotopic (exact) mass is 498 g/mol. The molecule has 0 bridgehead atoms. The van der Waals surface area contributed by atoms with Crippen molar-refractivity contribution in [2.45, 2.75) is 33.2 Å². The molecule has 0 atom stereocenters. The third-order valence-corrected chi connectivity index (χ3v) is 7.38. The van der Waals surface area contributed by atoms with Gasteiger partial charge in [0, 0.05) is 40.3 Å². The van der Waals surface area contributed by atoms with Gasteiger partial charge in [0.1, 0.15) is 22.8 Å². The van der Waals surface area contributed by atoms with E-state index in [0.29, 0.717) is 23.7 Å². The van der Waals surface area contributed by atoms with E-state index in [1.54, 1.807) is 0 Å². The van der Waals surface area contributed by atoms with Gasteiger partial charge in [-0.2, -0.15) is 0 Å². The molecular weight excluding hydrogens is 468 g/mol. The molecule has 0 radical (unpaired) electrons. The number of nitrogens with zero attached hydrogens (tertiary/aromatic N) is 3. The lowest BCUT2D eigenvalue weighted by Gasteiger charge is -2.12. The number of pyridine rings is 2. The number of aromatic nitrogens is 3. The molecule has 6 aromatic rings. The summed E-state index contributed by atoms with van der Waals surface area (Å²) in [5.74, 6) is 2.69. The number of hydrogen-bond donors (Lipinski definition) is 1. The Morgan fingerprint density at radius 3 is 2.32 bits per heavy atom. The molecule has 0 unspecified atom stereocenters. The van der Waals surface area contributed by atoms with Gasteiger partial charge in [0.25, 0.3) is 0 Å². The Morgan fingerprint density at radius 1 is 0.842 bits per heavy atom. The van der Waals surface area contributed by atoms with Crippen LogP contribution in [-0.4, -0.2) is 14.1 Å². The van der Waals surface area contributed by atoms with Crippen LogP contribution < -0.4 is 20.8 Å². The molecule has 1 N–H and O–H groups in total. The molecule has 0 saturated carbocycles. The van der Waals surface area contributed by atoms with E-state index in [9.17, 15) is 0 Å². The maximum atomic E-state index is 8.72. The fourth-order valence-corrected chi connectivity index (χ4v) is 5.31. The van der Waals surface area contributed by atoms with E-state index in [1.165, 1.54) is 10.9 Å². The molecule has 38 heavy (non-hydrogen) atoms. The first-order valence-electron chi connectivity index (χ1n) is 12.9. The molecule has 5 nitrogen and oxygen atoms in total. The van der Waals surface area contributed by atoms with Gasteiger partial charge in [-0.15, -0.1) is 0 Å². The van der Waals surface area contributed by atoms with E-state index >= 15 is 0 Å². The summed E-state index contributed by atoms with van der Waals surface area (Å²) >= 11 is 0. The Kier molecular flexibility index (Phi) is 5.64. The largest absolute Gasteiger partial charge is 0.457 e. The van der Waals surface area contributed by atoms with Crippen LogP contribution in [0.4, 0.5) is 0 Å². The summed E-state index contributed by atoms with van der Waals surface area (Å²) in [5, 5.41) is 14.4. The van der Waals surface area contributed by atoms with Crippen molar-refractivity contribution in [2.75, 3.05) is 0 Å². The topological polar surface area (TPSA) is 55.8 Å². The average Bonchev–Trinajstić information content (AvgIpc) is 3.26. The van der Waals surface area contributed by atoms with Gasteiger partial charge >= 0.3 is 0 Å². The van der Waals surface area contributed by atoms with Crippen molar-refractivity contribution < 1.29 is 4.74 Å². The standard InChI is InChI=1S/C33H30N4O/c1-6-36-22(5)21(4)26-13-11-24(18-29(26)33(36)34)38-25-12-14-28-27-9-7-8-10-30(27)37(31(28)19-25)32-17-23(20(2)3)15-16-35-32/h7-20,34H,4-6H2,1-3H3. The lowest BCUT2D eigenvalue weighted by atomic mass is 10.1. The van der Waals surface area contributed by atoms with Crippen molar-refractivity contribution in [2.24, 2.45) is 0 Å². The van der Waals surface area contributed by atoms with Crippen LogP contribution in [0.15, 0.2) is 79.0 Å². The summed E-state index contributed by atoms with van der Waals surface area (Å²) in [6.07, 6.45) is 1.88. The summed E-state index contributed by atoms with van der Waals surface area (Å²) in [6, 6.07) is 24.7. The highest BCUT2D eigenvalue weighted by Gasteiger charge is 2.15. The zero-order chi connectivity index (χ0) is 26.6. The summed E-state index contributed by atoms with van der Waals surface area (Å²) in [4.78, 5) is 4.74. The minimum atomic E-state index is 0.406. The second-order valence-electron chi connectivity index (χ2n) is 9.96. The van der Waals surface area contributed by atoms with Crippen LogP contribution in [0.5, 0.6) is 11.5 Å². The number of para-hydroxylation sites is 1.